The Hall–Kier alpha value is -2.64. The lowest BCUT2D eigenvalue weighted by Crippen LogP contribution is -2.33. The number of aromatic amines is 1. The maximum absolute atomic E-state index is 8.83. The Kier molecular flexibility index (Phi) is 5.92. The van der Waals surface area contributed by atoms with E-state index in [1.165, 1.54) is 46.1 Å². The van der Waals surface area contributed by atoms with Crippen LogP contribution in [0.5, 0.6) is 0 Å². The van der Waals surface area contributed by atoms with Gasteiger partial charge in [-0.15, -0.1) is 0 Å². The first-order valence-corrected chi connectivity index (χ1v) is 11.2. The van der Waals surface area contributed by atoms with E-state index in [0.29, 0.717) is 18.3 Å². The number of hydrogen-bond acceptors (Lipinski definition) is 3. The zero-order valence-corrected chi connectivity index (χ0v) is 18.6. The van der Waals surface area contributed by atoms with Crippen molar-refractivity contribution >= 4 is 10.9 Å². The van der Waals surface area contributed by atoms with Crippen molar-refractivity contribution in [1.29, 1.82) is 5.26 Å². The third kappa shape index (κ3) is 4.13. The number of H-pyrrole nitrogens is 1. The zero-order chi connectivity index (χ0) is 21.3. The molecule has 3 aromatic rings. The fourth-order valence-electron chi connectivity index (χ4n) is 4.99. The summed E-state index contributed by atoms with van der Waals surface area (Å²) in [5.74, 6) is 1.04. The molecule has 0 spiro atoms. The molecule has 1 aromatic carbocycles. The molecule has 0 bridgehead atoms. The van der Waals surface area contributed by atoms with Crippen LogP contribution in [0.2, 0.25) is 0 Å². The van der Waals surface area contributed by atoms with E-state index in [-0.39, 0.29) is 0 Å². The van der Waals surface area contributed by atoms with Gasteiger partial charge in [-0.1, -0.05) is 19.9 Å². The summed E-state index contributed by atoms with van der Waals surface area (Å²) in [6, 6.07) is 13.6. The van der Waals surface area contributed by atoms with E-state index in [9.17, 15) is 0 Å². The molecule has 30 heavy (non-hydrogen) atoms. The van der Waals surface area contributed by atoms with Gasteiger partial charge in [0.05, 0.1) is 11.8 Å². The molecule has 0 saturated carbocycles. The second kappa shape index (κ2) is 8.62. The number of hydrogen-bond donors (Lipinski definition) is 1. The molecule has 1 saturated heterocycles. The Balaban J connectivity index is 1.68. The number of nitrogens with one attached hydrogen (secondary N) is 1. The van der Waals surface area contributed by atoms with Crippen LogP contribution in [-0.2, 0) is 0 Å². The molecule has 0 amide bonds. The number of pyridine rings is 1. The van der Waals surface area contributed by atoms with E-state index < -0.39 is 0 Å². The average molecular weight is 401 g/mol. The highest BCUT2D eigenvalue weighted by molar-refractivity contribution is 5.92. The number of aryl methyl sites for hydroxylation is 2. The lowest BCUT2D eigenvalue weighted by Gasteiger charge is -2.31. The predicted molar refractivity (Wildman–Crippen MR) is 124 cm³/mol. The summed E-state index contributed by atoms with van der Waals surface area (Å²) in [5, 5.41) is 10.2. The van der Waals surface area contributed by atoms with E-state index in [1.54, 1.807) is 0 Å². The number of benzene rings is 1. The first kappa shape index (κ1) is 20.6. The number of rotatable bonds is 5. The van der Waals surface area contributed by atoms with Crippen LogP contribution in [0, 0.1) is 25.2 Å². The van der Waals surface area contributed by atoms with Crippen LogP contribution in [0.1, 0.15) is 67.5 Å². The quantitative estimate of drug-likeness (QED) is 0.566. The molecule has 0 aliphatic carbocycles. The molecule has 0 unspecified atom stereocenters. The summed E-state index contributed by atoms with van der Waals surface area (Å²) in [6.07, 6.45) is 2.98. The van der Waals surface area contributed by atoms with Gasteiger partial charge in [-0.3, -0.25) is 4.98 Å². The number of nitrogens with zero attached hydrogens (tertiary/aromatic N) is 3. The Morgan fingerprint density at radius 2 is 1.83 bits per heavy atom. The average Bonchev–Trinajstić information content (AvgIpc) is 3.11. The van der Waals surface area contributed by atoms with E-state index in [0.717, 1.165) is 31.0 Å². The van der Waals surface area contributed by atoms with Crippen molar-refractivity contribution < 1.29 is 0 Å². The molecule has 4 rings (SSSR count). The van der Waals surface area contributed by atoms with Crippen molar-refractivity contribution in [3.63, 3.8) is 0 Å². The fraction of sp³-hybridized carbons (Fsp3) is 0.462. The molecular weight excluding hydrogens is 368 g/mol. The first-order chi connectivity index (χ1) is 14.5. The van der Waals surface area contributed by atoms with E-state index in [2.05, 4.69) is 79.0 Å². The second-order valence-corrected chi connectivity index (χ2v) is 9.04. The van der Waals surface area contributed by atoms with E-state index in [1.807, 2.05) is 0 Å². The summed E-state index contributed by atoms with van der Waals surface area (Å²) in [5.41, 5.74) is 8.66. The molecule has 0 radical (unpaired) electrons. The Morgan fingerprint density at radius 1 is 1.13 bits per heavy atom. The minimum absolute atomic E-state index is 0.436. The van der Waals surface area contributed by atoms with Crippen LogP contribution in [0.15, 0.2) is 30.3 Å². The molecule has 4 heteroatoms. The maximum Gasteiger partial charge on any atom is 0.0635 e. The highest BCUT2D eigenvalue weighted by Crippen LogP contribution is 2.38. The van der Waals surface area contributed by atoms with Gasteiger partial charge in [-0.2, -0.15) is 5.26 Å². The fourth-order valence-corrected chi connectivity index (χ4v) is 4.99. The normalized spacial score (nSPS) is 15.7. The maximum atomic E-state index is 8.83. The van der Waals surface area contributed by atoms with Gasteiger partial charge in [0.15, 0.2) is 0 Å². The van der Waals surface area contributed by atoms with Gasteiger partial charge in [-0.05, 0) is 87.0 Å². The summed E-state index contributed by atoms with van der Waals surface area (Å²) < 4.78 is 0. The smallest absolute Gasteiger partial charge is 0.0635 e. The number of likely N-dealkylation sites (tertiary alicyclic amines) is 1. The standard InChI is InChI=1S/C26H32N4/c1-17(2)25-23-16-21(20-8-12-30(13-9-20)11-5-10-27)6-7-24(23)29-26(25)22-14-18(3)28-19(4)15-22/h6-7,14-17,20,29H,5,8-9,11-13H2,1-4H3. The lowest BCUT2D eigenvalue weighted by atomic mass is 9.87. The topological polar surface area (TPSA) is 55.7 Å². The molecule has 1 aliphatic heterocycles. The highest BCUT2D eigenvalue weighted by atomic mass is 15.1. The van der Waals surface area contributed by atoms with Crippen LogP contribution < -0.4 is 0 Å². The molecule has 3 heterocycles. The first-order valence-electron chi connectivity index (χ1n) is 11.2. The monoisotopic (exact) mass is 400 g/mol. The third-order valence-corrected chi connectivity index (χ3v) is 6.41. The summed E-state index contributed by atoms with van der Waals surface area (Å²) >= 11 is 0. The Morgan fingerprint density at radius 3 is 2.47 bits per heavy atom. The van der Waals surface area contributed by atoms with Crippen LogP contribution in [0.4, 0.5) is 0 Å². The highest BCUT2D eigenvalue weighted by Gasteiger charge is 2.22. The molecule has 156 valence electrons. The number of fused-ring (bicyclic) bond motifs is 1. The van der Waals surface area contributed by atoms with E-state index in [4.69, 9.17) is 5.26 Å². The van der Waals surface area contributed by atoms with Crippen LogP contribution in [0.3, 0.4) is 0 Å². The number of piperidine rings is 1. The van der Waals surface area contributed by atoms with Crippen molar-refractivity contribution in [3.8, 4) is 17.3 Å². The largest absolute Gasteiger partial charge is 0.354 e. The summed E-state index contributed by atoms with van der Waals surface area (Å²) in [6.45, 7) is 11.8. The molecule has 2 aromatic heterocycles. The molecular formula is C26H32N4. The minimum atomic E-state index is 0.436. The molecule has 1 N–H and O–H groups in total. The molecule has 0 atom stereocenters. The predicted octanol–water partition coefficient (Wildman–Crippen LogP) is 6.06. The summed E-state index contributed by atoms with van der Waals surface area (Å²) in [7, 11) is 0. The van der Waals surface area contributed by atoms with Gasteiger partial charge < -0.3 is 9.88 Å². The summed E-state index contributed by atoms with van der Waals surface area (Å²) in [4.78, 5) is 10.7. The van der Waals surface area contributed by atoms with Gasteiger partial charge in [0.25, 0.3) is 0 Å². The van der Waals surface area contributed by atoms with Crippen molar-refractivity contribution in [2.24, 2.45) is 0 Å². The zero-order valence-electron chi connectivity index (χ0n) is 18.6. The van der Waals surface area contributed by atoms with Crippen LogP contribution >= 0.6 is 0 Å². The number of aromatic nitrogens is 2. The molecule has 1 aliphatic rings. The van der Waals surface area contributed by atoms with Gasteiger partial charge in [0, 0.05) is 40.8 Å². The van der Waals surface area contributed by atoms with Crippen molar-refractivity contribution in [1.82, 2.24) is 14.9 Å². The molecule has 4 nitrogen and oxygen atoms in total. The van der Waals surface area contributed by atoms with Gasteiger partial charge in [0.2, 0.25) is 0 Å². The SMILES string of the molecule is Cc1cc(-c2[nH]c3ccc(C4CCN(CCC#N)CC4)cc3c2C(C)C)cc(C)n1. The molecule has 1 fully saturated rings. The third-order valence-electron chi connectivity index (χ3n) is 6.41. The number of nitriles is 1. The minimum Gasteiger partial charge on any atom is -0.354 e. The van der Waals surface area contributed by atoms with Gasteiger partial charge in [0.1, 0.15) is 0 Å². The van der Waals surface area contributed by atoms with Gasteiger partial charge in [-0.25, -0.2) is 0 Å². The van der Waals surface area contributed by atoms with E-state index >= 15 is 0 Å². The van der Waals surface area contributed by atoms with Gasteiger partial charge >= 0.3 is 0 Å². The van der Waals surface area contributed by atoms with Crippen molar-refractivity contribution in [2.45, 2.75) is 58.8 Å². The van der Waals surface area contributed by atoms with Crippen molar-refractivity contribution in [2.75, 3.05) is 19.6 Å². The Labute approximate surface area is 179 Å². The lowest BCUT2D eigenvalue weighted by molar-refractivity contribution is 0.216. The second-order valence-electron chi connectivity index (χ2n) is 9.04. The van der Waals surface area contributed by atoms with Crippen LogP contribution in [0.25, 0.3) is 22.2 Å². The van der Waals surface area contributed by atoms with Crippen LogP contribution in [-0.4, -0.2) is 34.5 Å². The van der Waals surface area contributed by atoms with Crippen molar-refractivity contribution in [3.05, 3.63) is 52.8 Å². The Bertz CT molecular complexity index is 1060.